The predicted octanol–water partition coefficient (Wildman–Crippen LogP) is 2.57. The molecule has 0 aliphatic heterocycles. The number of methoxy groups -OCH3 is 1. The maximum Gasteiger partial charge on any atom is 0.270 e. The van der Waals surface area contributed by atoms with Crippen molar-refractivity contribution in [1.29, 1.82) is 0 Å². The Morgan fingerprint density at radius 3 is 3.06 bits per heavy atom. The second kappa shape index (κ2) is 5.64. The summed E-state index contributed by atoms with van der Waals surface area (Å²) in [4.78, 5) is 15.9. The molecule has 0 aliphatic rings. The van der Waals surface area contributed by atoms with Crippen LogP contribution in [0.15, 0.2) is 29.6 Å². The van der Waals surface area contributed by atoms with Gasteiger partial charge in [0.25, 0.3) is 5.91 Å². The van der Waals surface area contributed by atoms with Crippen molar-refractivity contribution >= 4 is 17.2 Å². The van der Waals surface area contributed by atoms with Gasteiger partial charge in [-0.05, 0) is 19.1 Å². The molecule has 0 spiro atoms. The maximum absolute atomic E-state index is 11.6. The lowest BCUT2D eigenvalue weighted by Crippen LogP contribution is -2.22. The van der Waals surface area contributed by atoms with E-state index in [1.54, 1.807) is 12.5 Å². The zero-order valence-corrected chi connectivity index (χ0v) is 11.1. The molecule has 1 amide bonds. The van der Waals surface area contributed by atoms with Gasteiger partial charge in [-0.15, -0.1) is 11.3 Å². The van der Waals surface area contributed by atoms with Gasteiger partial charge >= 0.3 is 0 Å². The van der Waals surface area contributed by atoms with Gasteiger partial charge in [0.1, 0.15) is 16.5 Å². The van der Waals surface area contributed by atoms with Crippen LogP contribution in [0.2, 0.25) is 0 Å². The molecule has 0 radical (unpaired) electrons. The normalized spacial score (nSPS) is 10.1. The molecule has 1 heterocycles. The maximum atomic E-state index is 11.6. The smallest absolute Gasteiger partial charge is 0.270 e. The Morgan fingerprint density at radius 2 is 2.33 bits per heavy atom. The van der Waals surface area contributed by atoms with Gasteiger partial charge in [0.05, 0.1) is 7.11 Å². The highest BCUT2D eigenvalue weighted by Gasteiger charge is 2.11. The zero-order valence-electron chi connectivity index (χ0n) is 10.3. The molecule has 1 aromatic heterocycles. The molecular formula is C13H14N2O2S. The first-order chi connectivity index (χ1) is 8.74. The van der Waals surface area contributed by atoms with E-state index in [-0.39, 0.29) is 5.91 Å². The molecule has 5 heteroatoms. The van der Waals surface area contributed by atoms with E-state index >= 15 is 0 Å². The Kier molecular flexibility index (Phi) is 3.94. The minimum Gasteiger partial charge on any atom is -0.497 e. The van der Waals surface area contributed by atoms with Crippen molar-refractivity contribution in [2.24, 2.45) is 0 Å². The van der Waals surface area contributed by atoms with E-state index in [1.165, 1.54) is 11.3 Å². The summed E-state index contributed by atoms with van der Waals surface area (Å²) < 4.78 is 5.17. The van der Waals surface area contributed by atoms with Gasteiger partial charge in [-0.1, -0.05) is 12.1 Å². The van der Waals surface area contributed by atoms with Crippen LogP contribution in [-0.4, -0.2) is 24.5 Å². The van der Waals surface area contributed by atoms with Gasteiger partial charge < -0.3 is 10.1 Å². The van der Waals surface area contributed by atoms with Crippen LogP contribution in [0.4, 0.5) is 0 Å². The van der Waals surface area contributed by atoms with E-state index < -0.39 is 0 Å². The summed E-state index contributed by atoms with van der Waals surface area (Å²) in [5, 5.41) is 5.31. The molecule has 2 aromatic rings. The van der Waals surface area contributed by atoms with Gasteiger partial charge in [-0.3, -0.25) is 4.79 Å². The second-order valence-corrected chi connectivity index (χ2v) is 4.49. The lowest BCUT2D eigenvalue weighted by molar-refractivity contribution is 0.0951. The Hall–Kier alpha value is -1.88. The van der Waals surface area contributed by atoms with Gasteiger partial charge in [0.15, 0.2) is 0 Å². The number of nitrogens with one attached hydrogen (secondary N) is 1. The molecule has 0 bridgehead atoms. The van der Waals surface area contributed by atoms with Crippen molar-refractivity contribution in [2.75, 3.05) is 13.7 Å². The summed E-state index contributed by atoms with van der Waals surface area (Å²) in [5.41, 5.74) is 1.41. The van der Waals surface area contributed by atoms with Crippen LogP contribution in [0.25, 0.3) is 10.6 Å². The molecule has 94 valence electrons. The molecule has 0 aliphatic carbocycles. The first kappa shape index (κ1) is 12.6. The van der Waals surface area contributed by atoms with Crippen LogP contribution in [0.5, 0.6) is 5.75 Å². The SMILES string of the molecule is CCNC(=O)c1csc(-c2cccc(OC)c2)n1. The average Bonchev–Trinajstić information content (AvgIpc) is 2.89. The standard InChI is InChI=1S/C13H14N2O2S/c1-3-14-12(16)11-8-18-13(15-11)9-5-4-6-10(7-9)17-2/h4-8H,3H2,1-2H3,(H,14,16). The number of hydrogen-bond acceptors (Lipinski definition) is 4. The first-order valence-electron chi connectivity index (χ1n) is 5.62. The highest BCUT2D eigenvalue weighted by molar-refractivity contribution is 7.13. The fraction of sp³-hybridized carbons (Fsp3) is 0.231. The van der Waals surface area contributed by atoms with E-state index in [1.807, 2.05) is 31.2 Å². The van der Waals surface area contributed by atoms with Crippen LogP contribution in [-0.2, 0) is 0 Å². The van der Waals surface area contributed by atoms with E-state index in [0.29, 0.717) is 12.2 Å². The molecule has 0 atom stereocenters. The van der Waals surface area contributed by atoms with Gasteiger partial charge in [0.2, 0.25) is 0 Å². The molecular weight excluding hydrogens is 248 g/mol. The minimum atomic E-state index is -0.136. The summed E-state index contributed by atoms with van der Waals surface area (Å²) in [5.74, 6) is 0.644. The number of hydrogen-bond donors (Lipinski definition) is 1. The van der Waals surface area contributed by atoms with Crippen molar-refractivity contribution in [1.82, 2.24) is 10.3 Å². The van der Waals surface area contributed by atoms with Crippen LogP contribution in [0, 0.1) is 0 Å². The average molecular weight is 262 g/mol. The Bertz CT molecular complexity index is 551. The quantitative estimate of drug-likeness (QED) is 0.921. The number of nitrogens with zero attached hydrogens (tertiary/aromatic N) is 1. The van der Waals surface area contributed by atoms with Crippen LogP contribution < -0.4 is 10.1 Å². The van der Waals surface area contributed by atoms with E-state index in [4.69, 9.17) is 4.74 Å². The van der Waals surface area contributed by atoms with E-state index in [9.17, 15) is 4.79 Å². The fourth-order valence-corrected chi connectivity index (χ4v) is 2.31. The Morgan fingerprint density at radius 1 is 1.50 bits per heavy atom. The number of ether oxygens (including phenoxy) is 1. The number of amides is 1. The molecule has 18 heavy (non-hydrogen) atoms. The number of benzene rings is 1. The Labute approximate surface area is 110 Å². The van der Waals surface area contributed by atoms with Crippen molar-refractivity contribution in [2.45, 2.75) is 6.92 Å². The van der Waals surface area contributed by atoms with Crippen LogP contribution >= 0.6 is 11.3 Å². The number of rotatable bonds is 4. The molecule has 0 saturated carbocycles. The summed E-state index contributed by atoms with van der Waals surface area (Å²) in [6, 6.07) is 7.63. The van der Waals surface area contributed by atoms with Gasteiger partial charge in [-0.25, -0.2) is 4.98 Å². The highest BCUT2D eigenvalue weighted by Crippen LogP contribution is 2.26. The van der Waals surface area contributed by atoms with Crippen molar-refractivity contribution < 1.29 is 9.53 Å². The summed E-state index contributed by atoms with van der Waals surface area (Å²) in [6.45, 7) is 2.48. The number of aromatic nitrogens is 1. The third-order valence-corrected chi connectivity index (χ3v) is 3.28. The van der Waals surface area contributed by atoms with Crippen molar-refractivity contribution in [3.63, 3.8) is 0 Å². The third-order valence-electron chi connectivity index (χ3n) is 2.39. The minimum absolute atomic E-state index is 0.136. The molecule has 0 unspecified atom stereocenters. The van der Waals surface area contributed by atoms with Gasteiger partial charge in [0, 0.05) is 17.5 Å². The van der Waals surface area contributed by atoms with Crippen LogP contribution in [0.1, 0.15) is 17.4 Å². The molecule has 2 rings (SSSR count). The number of carbonyl (C=O) groups is 1. The monoisotopic (exact) mass is 262 g/mol. The van der Waals surface area contributed by atoms with Crippen molar-refractivity contribution in [3.8, 4) is 16.3 Å². The number of thiazole rings is 1. The van der Waals surface area contributed by atoms with Gasteiger partial charge in [-0.2, -0.15) is 0 Å². The number of carbonyl (C=O) groups excluding carboxylic acids is 1. The molecule has 4 nitrogen and oxygen atoms in total. The summed E-state index contributed by atoms with van der Waals surface area (Å²) >= 11 is 1.45. The Balaban J connectivity index is 2.26. The summed E-state index contributed by atoms with van der Waals surface area (Å²) in [6.07, 6.45) is 0. The molecule has 0 fully saturated rings. The topological polar surface area (TPSA) is 51.2 Å². The lowest BCUT2D eigenvalue weighted by atomic mass is 10.2. The summed E-state index contributed by atoms with van der Waals surface area (Å²) in [7, 11) is 1.63. The molecule has 1 N–H and O–H groups in total. The third kappa shape index (κ3) is 2.68. The fourth-order valence-electron chi connectivity index (χ4n) is 1.52. The van der Waals surface area contributed by atoms with Crippen LogP contribution in [0.3, 0.4) is 0 Å². The zero-order chi connectivity index (χ0) is 13.0. The molecule has 0 saturated heterocycles. The van der Waals surface area contributed by atoms with Crippen molar-refractivity contribution in [3.05, 3.63) is 35.3 Å². The predicted molar refractivity (Wildman–Crippen MR) is 72.1 cm³/mol. The first-order valence-corrected chi connectivity index (χ1v) is 6.50. The highest BCUT2D eigenvalue weighted by atomic mass is 32.1. The lowest BCUT2D eigenvalue weighted by Gasteiger charge is -2.01. The molecule has 1 aromatic carbocycles. The van der Waals surface area contributed by atoms with E-state index in [2.05, 4.69) is 10.3 Å². The second-order valence-electron chi connectivity index (χ2n) is 3.63. The largest absolute Gasteiger partial charge is 0.497 e. The van der Waals surface area contributed by atoms with E-state index in [0.717, 1.165) is 16.3 Å².